The monoisotopic (exact) mass is 413 g/mol. The summed E-state index contributed by atoms with van der Waals surface area (Å²) >= 11 is 1.49. The van der Waals surface area contributed by atoms with Gasteiger partial charge in [-0.1, -0.05) is 6.07 Å². The Morgan fingerprint density at radius 2 is 2.03 bits per heavy atom. The summed E-state index contributed by atoms with van der Waals surface area (Å²) in [6, 6.07) is 7.39. The maximum absolute atomic E-state index is 12.6. The van der Waals surface area contributed by atoms with Crippen molar-refractivity contribution in [3.63, 3.8) is 0 Å². The molecule has 1 aromatic carbocycles. The van der Waals surface area contributed by atoms with Crippen molar-refractivity contribution in [2.75, 3.05) is 6.54 Å². The predicted octanol–water partition coefficient (Wildman–Crippen LogP) is 2.87. The third-order valence-corrected chi connectivity index (χ3v) is 5.65. The van der Waals surface area contributed by atoms with Gasteiger partial charge in [-0.15, -0.1) is 11.3 Å². The van der Waals surface area contributed by atoms with E-state index in [0.29, 0.717) is 36.5 Å². The molecule has 0 fully saturated rings. The fourth-order valence-corrected chi connectivity index (χ4v) is 4.03. The first-order valence-electron chi connectivity index (χ1n) is 8.72. The Hall–Kier alpha value is -3.44. The number of nitrogens with zero attached hydrogens (tertiary/aromatic N) is 4. The number of nitrogens with one attached hydrogen (secondary N) is 1. The molecule has 0 amide bonds. The lowest BCUT2D eigenvalue weighted by Gasteiger charge is -2.27. The van der Waals surface area contributed by atoms with Crippen LogP contribution in [0.2, 0.25) is 0 Å². The Bertz CT molecular complexity index is 1160. The van der Waals surface area contributed by atoms with Crippen LogP contribution in [0.4, 0.5) is 11.4 Å². The number of nitro benzene ring substituents is 2. The number of aromatic amines is 1. The smallest absolute Gasteiger partial charge is 0.280 e. The summed E-state index contributed by atoms with van der Waals surface area (Å²) in [6.45, 7) is 1.08. The zero-order valence-electron chi connectivity index (χ0n) is 15.0. The van der Waals surface area contributed by atoms with Gasteiger partial charge in [0.15, 0.2) is 5.82 Å². The number of nitro groups is 2. The van der Waals surface area contributed by atoms with Crippen LogP contribution in [0.3, 0.4) is 0 Å². The second-order valence-electron chi connectivity index (χ2n) is 6.60. The number of benzene rings is 1. The summed E-state index contributed by atoms with van der Waals surface area (Å²) in [5, 5.41) is 24.1. The average molecular weight is 413 g/mol. The molecule has 0 aliphatic carbocycles. The second kappa shape index (κ2) is 7.53. The van der Waals surface area contributed by atoms with Crippen LogP contribution in [-0.4, -0.2) is 31.3 Å². The van der Waals surface area contributed by atoms with Crippen molar-refractivity contribution < 1.29 is 9.85 Å². The molecule has 0 radical (unpaired) electrons. The van der Waals surface area contributed by atoms with Gasteiger partial charge < -0.3 is 4.98 Å². The molecular formula is C18H15N5O5S. The van der Waals surface area contributed by atoms with Crippen molar-refractivity contribution in [1.82, 2.24) is 14.9 Å². The Morgan fingerprint density at radius 3 is 2.72 bits per heavy atom. The maximum atomic E-state index is 12.6. The quantitative estimate of drug-likeness (QED) is 0.502. The first-order chi connectivity index (χ1) is 13.9. The number of aromatic nitrogens is 2. The van der Waals surface area contributed by atoms with Crippen molar-refractivity contribution >= 4 is 22.7 Å². The van der Waals surface area contributed by atoms with Gasteiger partial charge in [-0.05, 0) is 17.5 Å². The van der Waals surface area contributed by atoms with Crippen molar-refractivity contribution in [3.8, 4) is 10.7 Å². The van der Waals surface area contributed by atoms with E-state index in [1.807, 2.05) is 22.4 Å². The zero-order chi connectivity index (χ0) is 20.5. The van der Waals surface area contributed by atoms with Crippen LogP contribution in [0, 0.1) is 20.2 Å². The first-order valence-corrected chi connectivity index (χ1v) is 9.60. The van der Waals surface area contributed by atoms with E-state index in [0.717, 1.165) is 16.6 Å². The lowest BCUT2D eigenvalue weighted by atomic mass is 10.0. The molecule has 0 unspecified atom stereocenters. The van der Waals surface area contributed by atoms with Gasteiger partial charge in [0.2, 0.25) is 0 Å². The Morgan fingerprint density at radius 1 is 1.21 bits per heavy atom. The molecule has 1 aliphatic heterocycles. The normalized spacial score (nSPS) is 13.8. The number of H-pyrrole nitrogens is 1. The molecule has 0 spiro atoms. The lowest BCUT2D eigenvalue weighted by Crippen LogP contribution is -2.35. The summed E-state index contributed by atoms with van der Waals surface area (Å²) in [5.41, 5.74) is 0.786. The highest BCUT2D eigenvalue weighted by Crippen LogP contribution is 2.28. The predicted molar refractivity (Wildman–Crippen MR) is 106 cm³/mol. The topological polar surface area (TPSA) is 135 Å². The van der Waals surface area contributed by atoms with E-state index >= 15 is 0 Å². The second-order valence-corrected chi connectivity index (χ2v) is 7.55. The Balaban J connectivity index is 1.59. The summed E-state index contributed by atoms with van der Waals surface area (Å²) < 4.78 is 0. The van der Waals surface area contributed by atoms with Crippen molar-refractivity contribution in [2.24, 2.45) is 0 Å². The van der Waals surface area contributed by atoms with Gasteiger partial charge in [0.1, 0.15) is 0 Å². The fraction of sp³-hybridized carbons (Fsp3) is 0.222. The van der Waals surface area contributed by atoms with Gasteiger partial charge in [-0.2, -0.15) is 0 Å². The number of hydrogen-bond acceptors (Lipinski definition) is 8. The van der Waals surface area contributed by atoms with Crippen LogP contribution in [0.15, 0.2) is 40.5 Å². The van der Waals surface area contributed by atoms with Crippen LogP contribution in [-0.2, 0) is 19.5 Å². The Labute approximate surface area is 167 Å². The highest BCUT2D eigenvalue weighted by molar-refractivity contribution is 7.13. The van der Waals surface area contributed by atoms with Crippen molar-refractivity contribution in [2.45, 2.75) is 19.5 Å². The van der Waals surface area contributed by atoms with Gasteiger partial charge >= 0.3 is 0 Å². The summed E-state index contributed by atoms with van der Waals surface area (Å²) in [4.78, 5) is 43.7. The Kier molecular flexibility index (Phi) is 4.91. The van der Waals surface area contributed by atoms with Crippen LogP contribution < -0.4 is 5.56 Å². The molecule has 3 aromatic rings. The minimum atomic E-state index is -0.662. The number of hydrogen-bond donors (Lipinski definition) is 1. The highest BCUT2D eigenvalue weighted by atomic mass is 32.1. The molecule has 29 heavy (non-hydrogen) atoms. The maximum Gasteiger partial charge on any atom is 0.280 e. The molecule has 148 valence electrons. The summed E-state index contributed by atoms with van der Waals surface area (Å²) in [7, 11) is 0. The van der Waals surface area contributed by atoms with E-state index in [1.165, 1.54) is 23.5 Å². The molecule has 0 atom stereocenters. The van der Waals surface area contributed by atoms with E-state index in [4.69, 9.17) is 0 Å². The fourth-order valence-electron chi connectivity index (χ4n) is 3.36. The standard InChI is InChI=1S/C18H15N5O5S/c24-18-13-10-21(6-5-14(13)19-17(20-18)16-2-1-7-29-16)9-11-3-4-12(22(25)26)8-15(11)23(27)28/h1-4,7-8H,5-6,9-10H2,(H,19,20,24). The largest absolute Gasteiger partial charge is 0.306 e. The molecule has 3 heterocycles. The van der Waals surface area contributed by atoms with Crippen LogP contribution in [0.1, 0.15) is 16.8 Å². The molecule has 1 aliphatic rings. The van der Waals surface area contributed by atoms with Gasteiger partial charge in [0.05, 0.1) is 32.0 Å². The van der Waals surface area contributed by atoms with Gasteiger partial charge in [-0.3, -0.25) is 29.9 Å². The summed E-state index contributed by atoms with van der Waals surface area (Å²) in [5.74, 6) is 0.545. The first kappa shape index (κ1) is 18.9. The van der Waals surface area contributed by atoms with E-state index in [2.05, 4.69) is 9.97 Å². The molecule has 0 bridgehead atoms. The molecule has 0 saturated carbocycles. The number of rotatable bonds is 5. The number of non-ortho nitro benzene ring substituents is 1. The minimum absolute atomic E-state index is 0.208. The molecule has 0 saturated heterocycles. The average Bonchev–Trinajstić information content (AvgIpc) is 3.23. The van der Waals surface area contributed by atoms with Gasteiger partial charge in [0.25, 0.3) is 16.9 Å². The molecule has 11 heteroatoms. The van der Waals surface area contributed by atoms with E-state index in [1.54, 1.807) is 0 Å². The van der Waals surface area contributed by atoms with Crippen LogP contribution in [0.25, 0.3) is 10.7 Å². The summed E-state index contributed by atoms with van der Waals surface area (Å²) in [6.07, 6.45) is 0.540. The molecule has 10 nitrogen and oxygen atoms in total. The van der Waals surface area contributed by atoms with Crippen molar-refractivity contribution in [1.29, 1.82) is 0 Å². The van der Waals surface area contributed by atoms with E-state index in [9.17, 15) is 25.0 Å². The molecular weight excluding hydrogens is 398 g/mol. The third kappa shape index (κ3) is 3.77. The molecule has 1 N–H and O–H groups in total. The van der Waals surface area contributed by atoms with Crippen molar-refractivity contribution in [3.05, 3.63) is 83.1 Å². The number of thiophene rings is 1. The minimum Gasteiger partial charge on any atom is -0.306 e. The van der Waals surface area contributed by atoms with E-state index in [-0.39, 0.29) is 23.5 Å². The lowest BCUT2D eigenvalue weighted by molar-refractivity contribution is -0.394. The molecule has 4 rings (SSSR count). The third-order valence-electron chi connectivity index (χ3n) is 4.77. The SMILES string of the molecule is O=c1[nH]c(-c2cccs2)nc2c1CN(Cc1ccc([N+](=O)[O-])cc1[N+](=O)[O-])CC2. The van der Waals surface area contributed by atoms with Crippen LogP contribution in [0.5, 0.6) is 0 Å². The number of fused-ring (bicyclic) bond motifs is 1. The van der Waals surface area contributed by atoms with E-state index < -0.39 is 9.85 Å². The van der Waals surface area contributed by atoms with Crippen LogP contribution >= 0.6 is 11.3 Å². The highest BCUT2D eigenvalue weighted by Gasteiger charge is 2.25. The van der Waals surface area contributed by atoms with Gasteiger partial charge in [0, 0.05) is 37.7 Å². The van der Waals surface area contributed by atoms with Gasteiger partial charge in [-0.25, -0.2) is 4.98 Å². The molecule has 2 aromatic heterocycles. The zero-order valence-corrected chi connectivity index (χ0v) is 15.8.